The van der Waals surface area contributed by atoms with Gasteiger partial charge >= 0.3 is 0 Å². The van der Waals surface area contributed by atoms with Gasteiger partial charge in [0.2, 0.25) is 5.91 Å². The van der Waals surface area contributed by atoms with Crippen molar-refractivity contribution in [1.29, 1.82) is 0 Å². The Balaban J connectivity index is 1.74. The lowest BCUT2D eigenvalue weighted by molar-refractivity contribution is -0.135. The van der Waals surface area contributed by atoms with Crippen LogP contribution in [0.2, 0.25) is 0 Å². The Morgan fingerprint density at radius 1 is 1.29 bits per heavy atom. The quantitative estimate of drug-likeness (QED) is 0.857. The van der Waals surface area contributed by atoms with E-state index in [-0.39, 0.29) is 17.9 Å². The molecule has 3 heterocycles. The summed E-state index contributed by atoms with van der Waals surface area (Å²) in [7, 11) is 0. The Morgan fingerprint density at radius 2 is 2.05 bits per heavy atom. The summed E-state index contributed by atoms with van der Waals surface area (Å²) in [5.74, 6) is 0.0814. The molecule has 0 radical (unpaired) electrons. The largest absolute Gasteiger partial charge is 0.338 e. The highest BCUT2D eigenvalue weighted by Gasteiger charge is 2.37. The number of amides is 2. The Bertz CT molecular complexity index is 542. The number of thiophene rings is 1. The lowest BCUT2D eigenvalue weighted by Gasteiger charge is -2.32. The Labute approximate surface area is 136 Å². The maximum absolute atomic E-state index is 12.7. The Kier molecular flexibility index (Phi) is 4.61. The van der Waals surface area contributed by atoms with Crippen LogP contribution in [0.5, 0.6) is 0 Å². The standard InChI is InChI=1S/C14H18BrN3O2S/c15-10-3-9-21-12(10)14(20)18-6-1-2-11(18)13(19)17-7-4-16-5-8-17/h3,9,11,16H,1-2,4-8H2. The van der Waals surface area contributed by atoms with Crippen LogP contribution in [0.15, 0.2) is 15.9 Å². The highest BCUT2D eigenvalue weighted by atomic mass is 79.9. The molecule has 0 aromatic carbocycles. The zero-order valence-electron chi connectivity index (χ0n) is 11.7. The molecule has 2 fully saturated rings. The Morgan fingerprint density at radius 3 is 2.71 bits per heavy atom. The smallest absolute Gasteiger partial charge is 0.265 e. The molecule has 0 aliphatic carbocycles. The minimum atomic E-state index is -0.287. The molecule has 2 saturated heterocycles. The van der Waals surface area contributed by atoms with Crippen molar-refractivity contribution >= 4 is 39.1 Å². The molecule has 2 aliphatic rings. The second-order valence-corrected chi connectivity index (χ2v) is 7.10. The summed E-state index contributed by atoms with van der Waals surface area (Å²) >= 11 is 4.83. The van der Waals surface area contributed by atoms with Crippen molar-refractivity contribution in [3.8, 4) is 0 Å². The van der Waals surface area contributed by atoms with Crippen LogP contribution in [0.25, 0.3) is 0 Å². The molecule has 5 nitrogen and oxygen atoms in total. The van der Waals surface area contributed by atoms with E-state index in [1.807, 2.05) is 16.3 Å². The average molecular weight is 372 g/mol. The van der Waals surface area contributed by atoms with E-state index in [0.29, 0.717) is 11.4 Å². The number of hydrogen-bond donors (Lipinski definition) is 1. The first-order chi connectivity index (χ1) is 10.2. The van der Waals surface area contributed by atoms with Gasteiger partial charge in [-0.05, 0) is 40.2 Å². The van der Waals surface area contributed by atoms with Gasteiger partial charge in [-0.15, -0.1) is 11.3 Å². The van der Waals surface area contributed by atoms with Crippen LogP contribution in [0.4, 0.5) is 0 Å². The van der Waals surface area contributed by atoms with Crippen LogP contribution in [0.1, 0.15) is 22.5 Å². The summed E-state index contributed by atoms with van der Waals surface area (Å²) in [5, 5.41) is 5.13. The van der Waals surface area contributed by atoms with Crippen LogP contribution in [-0.4, -0.2) is 60.4 Å². The topological polar surface area (TPSA) is 52.7 Å². The van der Waals surface area contributed by atoms with Crippen molar-refractivity contribution in [2.24, 2.45) is 0 Å². The molecule has 0 saturated carbocycles. The first-order valence-corrected chi connectivity index (χ1v) is 8.89. The van der Waals surface area contributed by atoms with E-state index in [4.69, 9.17) is 0 Å². The third-order valence-electron chi connectivity index (χ3n) is 4.04. The fourth-order valence-corrected chi connectivity index (χ4v) is 4.44. The number of piperazine rings is 1. The van der Waals surface area contributed by atoms with Crippen LogP contribution in [0, 0.1) is 0 Å². The predicted octanol–water partition coefficient (Wildman–Crippen LogP) is 1.55. The first-order valence-electron chi connectivity index (χ1n) is 7.22. The van der Waals surface area contributed by atoms with Crippen LogP contribution < -0.4 is 5.32 Å². The van der Waals surface area contributed by atoms with Gasteiger partial charge in [0.15, 0.2) is 0 Å². The van der Waals surface area contributed by atoms with Gasteiger partial charge in [0.1, 0.15) is 10.9 Å². The van der Waals surface area contributed by atoms with Crippen molar-refractivity contribution in [1.82, 2.24) is 15.1 Å². The number of likely N-dealkylation sites (tertiary alicyclic amines) is 1. The molecule has 1 unspecified atom stereocenters. The zero-order chi connectivity index (χ0) is 14.8. The van der Waals surface area contributed by atoms with Crippen molar-refractivity contribution in [3.63, 3.8) is 0 Å². The maximum atomic E-state index is 12.7. The molecule has 1 aromatic heterocycles. The van der Waals surface area contributed by atoms with Crippen LogP contribution in [-0.2, 0) is 4.79 Å². The SMILES string of the molecule is O=C(C1CCCN1C(=O)c1sccc1Br)N1CCNCC1. The molecule has 21 heavy (non-hydrogen) atoms. The lowest BCUT2D eigenvalue weighted by Crippen LogP contribution is -2.53. The van der Waals surface area contributed by atoms with Crippen molar-refractivity contribution in [2.75, 3.05) is 32.7 Å². The van der Waals surface area contributed by atoms with E-state index >= 15 is 0 Å². The molecule has 1 N–H and O–H groups in total. The number of rotatable bonds is 2. The van der Waals surface area contributed by atoms with Crippen LogP contribution in [0.3, 0.4) is 0 Å². The van der Waals surface area contributed by atoms with Gasteiger partial charge in [-0.25, -0.2) is 0 Å². The van der Waals surface area contributed by atoms with E-state index in [0.717, 1.165) is 43.5 Å². The van der Waals surface area contributed by atoms with Crippen molar-refractivity contribution in [2.45, 2.75) is 18.9 Å². The number of hydrogen-bond acceptors (Lipinski definition) is 4. The molecule has 0 bridgehead atoms. The van der Waals surface area contributed by atoms with Crippen molar-refractivity contribution in [3.05, 3.63) is 20.8 Å². The maximum Gasteiger partial charge on any atom is 0.265 e. The van der Waals surface area contributed by atoms with Gasteiger partial charge in [0, 0.05) is 37.2 Å². The summed E-state index contributed by atoms with van der Waals surface area (Å²) in [5.41, 5.74) is 0. The first kappa shape index (κ1) is 15.0. The third kappa shape index (κ3) is 3.00. The zero-order valence-corrected chi connectivity index (χ0v) is 14.1. The average Bonchev–Trinajstić information content (AvgIpc) is 3.15. The highest BCUT2D eigenvalue weighted by Crippen LogP contribution is 2.28. The molecule has 114 valence electrons. The third-order valence-corrected chi connectivity index (χ3v) is 5.86. The number of halogens is 1. The molecule has 2 amide bonds. The van der Waals surface area contributed by atoms with E-state index in [1.165, 1.54) is 11.3 Å². The van der Waals surface area contributed by atoms with Gasteiger partial charge in [-0.2, -0.15) is 0 Å². The molecular weight excluding hydrogens is 354 g/mol. The minimum absolute atomic E-state index is 0.0251. The van der Waals surface area contributed by atoms with E-state index in [1.54, 1.807) is 4.90 Å². The summed E-state index contributed by atoms with van der Waals surface area (Å²) in [4.78, 5) is 29.6. The summed E-state index contributed by atoms with van der Waals surface area (Å²) < 4.78 is 0.817. The van der Waals surface area contributed by atoms with Crippen molar-refractivity contribution < 1.29 is 9.59 Å². The molecule has 1 atom stereocenters. The van der Waals surface area contributed by atoms with Crippen LogP contribution >= 0.6 is 27.3 Å². The Hall–Kier alpha value is -0.920. The molecule has 3 rings (SSSR count). The fraction of sp³-hybridized carbons (Fsp3) is 0.571. The second kappa shape index (κ2) is 6.46. The molecule has 7 heteroatoms. The molecule has 0 spiro atoms. The predicted molar refractivity (Wildman–Crippen MR) is 85.5 cm³/mol. The minimum Gasteiger partial charge on any atom is -0.338 e. The van der Waals surface area contributed by atoms with Gasteiger partial charge in [-0.3, -0.25) is 9.59 Å². The molecule has 1 aromatic rings. The van der Waals surface area contributed by atoms with Gasteiger partial charge in [0.25, 0.3) is 5.91 Å². The summed E-state index contributed by atoms with van der Waals surface area (Å²) in [6, 6.07) is 1.59. The fourth-order valence-electron chi connectivity index (χ4n) is 2.94. The van der Waals surface area contributed by atoms with Gasteiger partial charge in [0.05, 0.1) is 0 Å². The summed E-state index contributed by atoms with van der Waals surface area (Å²) in [6.07, 6.45) is 1.68. The normalized spacial score (nSPS) is 22.6. The number of carbonyl (C=O) groups excluding carboxylic acids is 2. The van der Waals surface area contributed by atoms with E-state index in [2.05, 4.69) is 21.2 Å². The second-order valence-electron chi connectivity index (χ2n) is 5.33. The molecule has 2 aliphatic heterocycles. The van der Waals surface area contributed by atoms with E-state index in [9.17, 15) is 9.59 Å². The van der Waals surface area contributed by atoms with Gasteiger partial charge in [-0.1, -0.05) is 0 Å². The highest BCUT2D eigenvalue weighted by molar-refractivity contribution is 9.10. The van der Waals surface area contributed by atoms with E-state index < -0.39 is 0 Å². The monoisotopic (exact) mass is 371 g/mol. The summed E-state index contributed by atoms with van der Waals surface area (Å²) in [6.45, 7) is 3.82. The molecular formula is C14H18BrN3O2S. The lowest BCUT2D eigenvalue weighted by atomic mass is 10.1. The van der Waals surface area contributed by atoms with Gasteiger partial charge < -0.3 is 15.1 Å². The number of carbonyl (C=O) groups is 2. The number of nitrogens with zero attached hydrogens (tertiary/aromatic N) is 2. The number of nitrogens with one attached hydrogen (secondary N) is 1.